The van der Waals surface area contributed by atoms with Crippen LogP contribution in [0.5, 0.6) is 0 Å². The summed E-state index contributed by atoms with van der Waals surface area (Å²) in [5.41, 5.74) is 2.13. The lowest BCUT2D eigenvalue weighted by Crippen LogP contribution is -2.35. The number of aromatic nitrogens is 1. The average molecular weight is 331 g/mol. The van der Waals surface area contributed by atoms with E-state index in [4.69, 9.17) is 0 Å². The summed E-state index contributed by atoms with van der Waals surface area (Å²) in [5.74, 6) is 0.201. The molecule has 1 N–H and O–H groups in total. The van der Waals surface area contributed by atoms with Crippen molar-refractivity contribution in [1.82, 2.24) is 14.8 Å². The highest BCUT2D eigenvalue weighted by molar-refractivity contribution is 7.12. The van der Waals surface area contributed by atoms with Crippen molar-refractivity contribution in [2.75, 3.05) is 13.6 Å². The van der Waals surface area contributed by atoms with Gasteiger partial charge < -0.3 is 14.8 Å². The van der Waals surface area contributed by atoms with Crippen molar-refractivity contribution in [3.8, 4) is 0 Å². The lowest BCUT2D eigenvalue weighted by Gasteiger charge is -2.23. The first kappa shape index (κ1) is 15.8. The second-order valence-corrected chi connectivity index (χ2v) is 6.93. The fourth-order valence-electron chi connectivity index (χ4n) is 3.06. The van der Waals surface area contributed by atoms with Crippen molar-refractivity contribution in [2.24, 2.45) is 5.92 Å². The summed E-state index contributed by atoms with van der Waals surface area (Å²) in [7, 11) is 1.65. The van der Waals surface area contributed by atoms with Gasteiger partial charge in [0.25, 0.3) is 5.91 Å². The lowest BCUT2D eigenvalue weighted by atomic mass is 10.0. The Bertz CT molecular complexity index is 719. The molecule has 0 aromatic carbocycles. The Balaban J connectivity index is 1.86. The molecule has 3 rings (SSSR count). The molecule has 23 heavy (non-hydrogen) atoms. The number of rotatable bonds is 3. The predicted molar refractivity (Wildman–Crippen MR) is 90.4 cm³/mol. The molecule has 1 atom stereocenters. The fourth-order valence-corrected chi connectivity index (χ4v) is 3.95. The number of hydrogen-bond acceptors (Lipinski definition) is 3. The summed E-state index contributed by atoms with van der Waals surface area (Å²) in [6.07, 6.45) is 2.46. The summed E-state index contributed by atoms with van der Waals surface area (Å²) in [6.45, 7) is 3.92. The molecule has 5 nitrogen and oxygen atoms in total. The van der Waals surface area contributed by atoms with Gasteiger partial charge in [-0.05, 0) is 36.1 Å². The van der Waals surface area contributed by atoms with Gasteiger partial charge in [0, 0.05) is 44.4 Å². The maximum atomic E-state index is 12.9. The molecule has 0 spiro atoms. The van der Waals surface area contributed by atoms with E-state index < -0.39 is 0 Å². The van der Waals surface area contributed by atoms with Crippen LogP contribution in [0.3, 0.4) is 0 Å². The Labute approximate surface area is 139 Å². The van der Waals surface area contributed by atoms with Gasteiger partial charge in [0.2, 0.25) is 5.91 Å². The normalized spacial score (nSPS) is 17.5. The first-order valence-electron chi connectivity index (χ1n) is 7.76. The van der Waals surface area contributed by atoms with Gasteiger partial charge in [0.15, 0.2) is 0 Å². The number of nitrogens with zero attached hydrogens (tertiary/aromatic N) is 2. The number of carbonyl (C=O) groups excluding carboxylic acids is 2. The van der Waals surface area contributed by atoms with Crippen LogP contribution in [0.4, 0.5) is 0 Å². The molecule has 0 fully saturated rings. The van der Waals surface area contributed by atoms with Gasteiger partial charge in [0.05, 0.1) is 11.4 Å². The Morgan fingerprint density at radius 1 is 1.35 bits per heavy atom. The second-order valence-electron chi connectivity index (χ2n) is 6.01. The highest BCUT2D eigenvalue weighted by Crippen LogP contribution is 2.24. The van der Waals surface area contributed by atoms with Crippen molar-refractivity contribution in [3.05, 3.63) is 45.9 Å². The Morgan fingerprint density at radius 3 is 2.87 bits per heavy atom. The molecular formula is C17H21N3O2S. The van der Waals surface area contributed by atoms with E-state index in [1.807, 2.05) is 41.6 Å². The van der Waals surface area contributed by atoms with Crippen LogP contribution >= 0.6 is 11.3 Å². The van der Waals surface area contributed by atoms with Crippen LogP contribution in [0.25, 0.3) is 0 Å². The minimum absolute atomic E-state index is 0.0188. The quantitative estimate of drug-likeness (QED) is 0.938. The third-order valence-corrected chi connectivity index (χ3v) is 5.31. The summed E-state index contributed by atoms with van der Waals surface area (Å²) >= 11 is 1.48. The monoisotopic (exact) mass is 331 g/mol. The fraction of sp³-hybridized carbons (Fsp3) is 0.412. The molecule has 3 heterocycles. The second kappa shape index (κ2) is 6.58. The summed E-state index contributed by atoms with van der Waals surface area (Å²) in [4.78, 5) is 27.3. The number of fused-ring (bicyclic) bond motifs is 1. The van der Waals surface area contributed by atoms with Crippen LogP contribution in [0.1, 0.15) is 27.3 Å². The molecule has 0 saturated heterocycles. The topological polar surface area (TPSA) is 54.3 Å². The summed E-state index contributed by atoms with van der Waals surface area (Å²) in [6, 6.07) is 6.01. The minimum atomic E-state index is 0.0188. The molecule has 0 aliphatic carbocycles. The Kier molecular flexibility index (Phi) is 4.52. The van der Waals surface area contributed by atoms with Crippen molar-refractivity contribution in [2.45, 2.75) is 26.4 Å². The first-order valence-corrected chi connectivity index (χ1v) is 8.64. The van der Waals surface area contributed by atoms with Gasteiger partial charge in [-0.25, -0.2) is 0 Å². The number of hydrogen-bond donors (Lipinski definition) is 1. The van der Waals surface area contributed by atoms with E-state index in [9.17, 15) is 9.59 Å². The van der Waals surface area contributed by atoms with Crippen LogP contribution in [0.15, 0.2) is 29.8 Å². The van der Waals surface area contributed by atoms with Crippen molar-refractivity contribution in [3.63, 3.8) is 0 Å². The van der Waals surface area contributed by atoms with Crippen LogP contribution in [-0.4, -0.2) is 34.9 Å². The lowest BCUT2D eigenvalue weighted by molar-refractivity contribution is -0.121. The average Bonchev–Trinajstić information content (AvgIpc) is 3.11. The molecule has 0 bridgehead atoms. The zero-order valence-electron chi connectivity index (χ0n) is 13.4. The molecular weight excluding hydrogens is 310 g/mol. The van der Waals surface area contributed by atoms with Gasteiger partial charge in [0.1, 0.15) is 0 Å². The number of thiophene rings is 1. The minimum Gasteiger partial charge on any atom is -0.359 e. The largest absolute Gasteiger partial charge is 0.359 e. The Hall–Kier alpha value is -2.08. The first-order chi connectivity index (χ1) is 11.1. The predicted octanol–water partition coefficient (Wildman–Crippen LogP) is 2.27. The SMILES string of the molecule is CNC(=O)CC1CN(C(=O)c2sccc2C)Cc2cccn2C1. The molecule has 2 amide bonds. The van der Waals surface area contributed by atoms with E-state index in [1.165, 1.54) is 11.3 Å². The van der Waals surface area contributed by atoms with Crippen molar-refractivity contribution in [1.29, 1.82) is 0 Å². The van der Waals surface area contributed by atoms with Gasteiger partial charge >= 0.3 is 0 Å². The van der Waals surface area contributed by atoms with E-state index in [0.717, 1.165) is 22.7 Å². The molecule has 6 heteroatoms. The third kappa shape index (κ3) is 3.32. The van der Waals surface area contributed by atoms with Gasteiger partial charge in [-0.3, -0.25) is 9.59 Å². The molecule has 0 saturated carbocycles. The third-order valence-electron chi connectivity index (χ3n) is 4.31. The van der Waals surface area contributed by atoms with Crippen molar-refractivity contribution < 1.29 is 9.59 Å². The smallest absolute Gasteiger partial charge is 0.264 e. The summed E-state index contributed by atoms with van der Waals surface area (Å²) < 4.78 is 2.15. The number of aryl methyl sites for hydroxylation is 1. The molecule has 1 aliphatic heterocycles. The summed E-state index contributed by atoms with van der Waals surface area (Å²) in [5, 5.41) is 4.63. The van der Waals surface area contributed by atoms with Crippen LogP contribution in [0, 0.1) is 12.8 Å². The number of amides is 2. The molecule has 1 aliphatic rings. The van der Waals surface area contributed by atoms with Crippen LogP contribution in [0.2, 0.25) is 0 Å². The van der Waals surface area contributed by atoms with E-state index in [2.05, 4.69) is 9.88 Å². The van der Waals surface area contributed by atoms with Gasteiger partial charge in [-0.2, -0.15) is 0 Å². The van der Waals surface area contributed by atoms with E-state index in [0.29, 0.717) is 19.5 Å². The molecule has 0 radical (unpaired) electrons. The molecule has 2 aromatic heterocycles. The zero-order valence-corrected chi connectivity index (χ0v) is 14.2. The van der Waals surface area contributed by atoms with Crippen LogP contribution in [-0.2, 0) is 17.9 Å². The van der Waals surface area contributed by atoms with Gasteiger partial charge in [-0.15, -0.1) is 11.3 Å². The highest BCUT2D eigenvalue weighted by atomic mass is 32.1. The van der Waals surface area contributed by atoms with E-state index in [-0.39, 0.29) is 17.7 Å². The highest BCUT2D eigenvalue weighted by Gasteiger charge is 2.27. The Morgan fingerprint density at radius 2 is 2.17 bits per heavy atom. The maximum Gasteiger partial charge on any atom is 0.264 e. The molecule has 2 aromatic rings. The van der Waals surface area contributed by atoms with E-state index in [1.54, 1.807) is 7.05 Å². The van der Waals surface area contributed by atoms with Crippen LogP contribution < -0.4 is 5.32 Å². The standard InChI is InChI=1S/C17H21N3O2S/c1-12-5-7-23-16(12)17(22)20-10-13(8-15(21)18-2)9-19-6-3-4-14(19)11-20/h3-7,13H,8-11H2,1-2H3,(H,18,21). The zero-order chi connectivity index (χ0) is 16.4. The molecule has 1 unspecified atom stereocenters. The number of nitrogens with one attached hydrogen (secondary N) is 1. The van der Waals surface area contributed by atoms with E-state index >= 15 is 0 Å². The number of carbonyl (C=O) groups is 2. The molecule has 122 valence electrons. The maximum absolute atomic E-state index is 12.9. The van der Waals surface area contributed by atoms with Crippen molar-refractivity contribution >= 4 is 23.2 Å². The van der Waals surface area contributed by atoms with Gasteiger partial charge in [-0.1, -0.05) is 0 Å².